The van der Waals surface area contributed by atoms with Crippen molar-refractivity contribution < 1.29 is 18.3 Å². The van der Waals surface area contributed by atoms with Crippen molar-refractivity contribution in [2.45, 2.75) is 24.8 Å². The lowest BCUT2D eigenvalue weighted by Crippen LogP contribution is -2.28. The van der Waals surface area contributed by atoms with E-state index >= 15 is 0 Å². The van der Waals surface area contributed by atoms with E-state index in [2.05, 4.69) is 4.72 Å². The van der Waals surface area contributed by atoms with E-state index in [-0.39, 0.29) is 11.4 Å². The van der Waals surface area contributed by atoms with Crippen molar-refractivity contribution in [1.29, 1.82) is 0 Å². The van der Waals surface area contributed by atoms with Crippen molar-refractivity contribution in [2.75, 3.05) is 13.2 Å². The van der Waals surface area contributed by atoms with E-state index in [4.69, 9.17) is 4.74 Å². The SMILES string of the molecule is CC(C)COc1ccc(S(=O)(=O)NCC(O)c2ccc3c(ccn3C)c2)cc1. The molecule has 1 aromatic heterocycles. The maximum Gasteiger partial charge on any atom is 0.240 e. The van der Waals surface area contributed by atoms with Gasteiger partial charge in [0.1, 0.15) is 5.75 Å². The Labute approximate surface area is 165 Å². The molecule has 0 spiro atoms. The molecule has 1 unspecified atom stereocenters. The Kier molecular flexibility index (Phi) is 6.07. The highest BCUT2D eigenvalue weighted by atomic mass is 32.2. The summed E-state index contributed by atoms with van der Waals surface area (Å²) in [5.41, 5.74) is 1.72. The van der Waals surface area contributed by atoms with Crippen LogP contribution in [0.2, 0.25) is 0 Å². The third-order valence-electron chi connectivity index (χ3n) is 4.48. The summed E-state index contributed by atoms with van der Waals surface area (Å²) in [4.78, 5) is 0.134. The van der Waals surface area contributed by atoms with Gasteiger partial charge in [-0.15, -0.1) is 0 Å². The summed E-state index contributed by atoms with van der Waals surface area (Å²) in [6.07, 6.45) is 1.01. The van der Waals surface area contributed by atoms with Crippen molar-refractivity contribution in [3.8, 4) is 5.75 Å². The molecule has 28 heavy (non-hydrogen) atoms. The molecule has 7 heteroatoms. The molecular formula is C21H26N2O4S. The summed E-state index contributed by atoms with van der Waals surface area (Å²) in [6, 6.07) is 13.8. The standard InChI is InChI=1S/C21H26N2O4S/c1-15(2)14-27-18-5-7-19(8-6-18)28(25,26)22-13-21(24)17-4-9-20-16(12-17)10-11-23(20)3/h4-12,15,21-22,24H,13-14H2,1-3H3. The van der Waals surface area contributed by atoms with Gasteiger partial charge in [0.2, 0.25) is 10.0 Å². The van der Waals surface area contributed by atoms with Gasteiger partial charge in [-0.05, 0) is 59.3 Å². The van der Waals surface area contributed by atoms with Crippen molar-refractivity contribution in [1.82, 2.24) is 9.29 Å². The van der Waals surface area contributed by atoms with Crippen LogP contribution in [0.3, 0.4) is 0 Å². The zero-order valence-corrected chi connectivity index (χ0v) is 17.1. The molecule has 2 N–H and O–H groups in total. The molecule has 0 aliphatic rings. The number of rotatable bonds is 8. The van der Waals surface area contributed by atoms with Crippen molar-refractivity contribution in [3.63, 3.8) is 0 Å². The number of ether oxygens (including phenoxy) is 1. The molecule has 3 aromatic rings. The first-order valence-electron chi connectivity index (χ1n) is 9.22. The van der Waals surface area contributed by atoms with Gasteiger partial charge in [-0.1, -0.05) is 19.9 Å². The second-order valence-corrected chi connectivity index (χ2v) is 9.06. The van der Waals surface area contributed by atoms with E-state index in [1.807, 2.05) is 55.9 Å². The normalized spacial score (nSPS) is 13.2. The summed E-state index contributed by atoms with van der Waals surface area (Å²) >= 11 is 0. The highest BCUT2D eigenvalue weighted by Gasteiger charge is 2.17. The highest BCUT2D eigenvalue weighted by molar-refractivity contribution is 7.89. The lowest BCUT2D eigenvalue weighted by Gasteiger charge is -2.14. The minimum Gasteiger partial charge on any atom is -0.493 e. The zero-order valence-electron chi connectivity index (χ0n) is 16.3. The molecule has 6 nitrogen and oxygen atoms in total. The third-order valence-corrected chi connectivity index (χ3v) is 5.92. The molecule has 0 bridgehead atoms. The molecule has 0 saturated carbocycles. The summed E-state index contributed by atoms with van der Waals surface area (Å²) in [5.74, 6) is 1.02. The Balaban J connectivity index is 1.64. The molecule has 0 aliphatic carbocycles. The molecule has 0 fully saturated rings. The number of nitrogens with one attached hydrogen (secondary N) is 1. The Morgan fingerprint density at radius 2 is 1.82 bits per heavy atom. The topological polar surface area (TPSA) is 80.6 Å². The average Bonchev–Trinajstić information content (AvgIpc) is 3.05. The number of aliphatic hydroxyl groups excluding tert-OH is 1. The van der Waals surface area contributed by atoms with E-state index in [0.717, 1.165) is 10.9 Å². The second kappa shape index (κ2) is 8.34. The van der Waals surface area contributed by atoms with Crippen LogP contribution in [0.4, 0.5) is 0 Å². The molecule has 0 amide bonds. The van der Waals surface area contributed by atoms with Crippen LogP contribution in [-0.4, -0.2) is 31.2 Å². The van der Waals surface area contributed by atoms with E-state index in [1.165, 1.54) is 12.1 Å². The molecular weight excluding hydrogens is 376 g/mol. The second-order valence-electron chi connectivity index (χ2n) is 7.29. The number of aliphatic hydroxyl groups is 1. The number of fused-ring (bicyclic) bond motifs is 1. The highest BCUT2D eigenvalue weighted by Crippen LogP contribution is 2.22. The number of nitrogens with zero attached hydrogens (tertiary/aromatic N) is 1. The predicted molar refractivity (Wildman–Crippen MR) is 110 cm³/mol. The van der Waals surface area contributed by atoms with E-state index in [9.17, 15) is 13.5 Å². The van der Waals surface area contributed by atoms with Crippen LogP contribution in [0.25, 0.3) is 10.9 Å². The fourth-order valence-corrected chi connectivity index (χ4v) is 3.91. The first-order valence-corrected chi connectivity index (χ1v) is 10.7. The number of hydrogen-bond donors (Lipinski definition) is 2. The summed E-state index contributed by atoms with van der Waals surface area (Å²) < 4.78 is 35.0. The van der Waals surface area contributed by atoms with Gasteiger partial charge in [0.25, 0.3) is 0 Å². The molecule has 3 rings (SSSR count). The number of aryl methyl sites for hydroxylation is 1. The van der Waals surface area contributed by atoms with Crippen molar-refractivity contribution in [2.24, 2.45) is 13.0 Å². The molecule has 0 radical (unpaired) electrons. The van der Waals surface area contributed by atoms with Gasteiger partial charge in [-0.3, -0.25) is 0 Å². The van der Waals surface area contributed by atoms with E-state index < -0.39 is 16.1 Å². The first kappa shape index (κ1) is 20.4. The maximum absolute atomic E-state index is 12.5. The number of benzene rings is 2. The largest absolute Gasteiger partial charge is 0.493 e. The van der Waals surface area contributed by atoms with Crippen molar-refractivity contribution in [3.05, 3.63) is 60.3 Å². The fraction of sp³-hybridized carbons (Fsp3) is 0.333. The van der Waals surface area contributed by atoms with E-state index in [0.29, 0.717) is 23.8 Å². The van der Waals surface area contributed by atoms with Crippen LogP contribution in [-0.2, 0) is 17.1 Å². The minimum absolute atomic E-state index is 0.105. The van der Waals surface area contributed by atoms with Crippen LogP contribution in [0, 0.1) is 5.92 Å². The van der Waals surface area contributed by atoms with Crippen LogP contribution in [0.1, 0.15) is 25.5 Å². The quantitative estimate of drug-likeness (QED) is 0.606. The zero-order chi connectivity index (χ0) is 20.3. The van der Waals surface area contributed by atoms with Gasteiger partial charge in [0, 0.05) is 25.3 Å². The average molecular weight is 403 g/mol. The smallest absolute Gasteiger partial charge is 0.240 e. The number of aromatic nitrogens is 1. The van der Waals surface area contributed by atoms with Gasteiger partial charge in [-0.25, -0.2) is 13.1 Å². The van der Waals surface area contributed by atoms with Crippen LogP contribution < -0.4 is 9.46 Å². The van der Waals surface area contributed by atoms with Gasteiger partial charge in [0.05, 0.1) is 17.6 Å². The maximum atomic E-state index is 12.5. The lowest BCUT2D eigenvalue weighted by atomic mass is 10.1. The Hall–Kier alpha value is -2.35. The Bertz CT molecular complexity index is 1040. The van der Waals surface area contributed by atoms with Crippen LogP contribution in [0.5, 0.6) is 5.75 Å². The Morgan fingerprint density at radius 3 is 2.50 bits per heavy atom. The lowest BCUT2D eigenvalue weighted by molar-refractivity contribution is 0.182. The monoisotopic (exact) mass is 402 g/mol. The van der Waals surface area contributed by atoms with Gasteiger partial charge in [-0.2, -0.15) is 0 Å². The summed E-state index contributed by atoms with van der Waals surface area (Å²) in [5, 5.41) is 11.4. The summed E-state index contributed by atoms with van der Waals surface area (Å²) in [7, 11) is -1.77. The van der Waals surface area contributed by atoms with Gasteiger partial charge < -0.3 is 14.4 Å². The van der Waals surface area contributed by atoms with E-state index in [1.54, 1.807) is 12.1 Å². The number of hydrogen-bond acceptors (Lipinski definition) is 4. The first-order chi connectivity index (χ1) is 13.3. The minimum atomic E-state index is -3.72. The van der Waals surface area contributed by atoms with Gasteiger partial charge in [0.15, 0.2) is 0 Å². The fourth-order valence-electron chi connectivity index (χ4n) is 2.88. The van der Waals surface area contributed by atoms with Gasteiger partial charge >= 0.3 is 0 Å². The third kappa shape index (κ3) is 4.73. The molecule has 0 saturated heterocycles. The number of sulfonamides is 1. The van der Waals surface area contributed by atoms with Crippen LogP contribution in [0.15, 0.2) is 59.6 Å². The predicted octanol–water partition coefficient (Wildman–Crippen LogP) is 3.23. The molecule has 0 aliphatic heterocycles. The summed E-state index contributed by atoms with van der Waals surface area (Å²) in [6.45, 7) is 4.56. The molecule has 1 heterocycles. The van der Waals surface area contributed by atoms with Crippen LogP contribution >= 0.6 is 0 Å². The Morgan fingerprint density at radius 1 is 1.11 bits per heavy atom. The van der Waals surface area contributed by atoms with Crippen molar-refractivity contribution >= 4 is 20.9 Å². The molecule has 1 atom stereocenters. The molecule has 2 aromatic carbocycles. The molecule has 150 valence electrons.